The van der Waals surface area contributed by atoms with Crippen molar-refractivity contribution in [3.8, 4) is 0 Å². The molecule has 0 aromatic rings. The topological polar surface area (TPSA) is 61.8 Å². The first-order chi connectivity index (χ1) is 32.6. The highest BCUT2D eigenvalue weighted by Crippen LogP contribution is 2.15. The molecule has 0 bridgehead atoms. The Kier molecular flexibility index (Phi) is 54.4. The Morgan fingerprint density at radius 3 is 1.15 bits per heavy atom. The highest BCUT2D eigenvalue weighted by molar-refractivity contribution is 5.70. The molecular weight excluding hydrogens is 813 g/mol. The molecule has 0 saturated carbocycles. The molecule has 0 aromatic carbocycles. The largest absolute Gasteiger partial charge is 0.462 e. The van der Waals surface area contributed by atoms with E-state index >= 15 is 0 Å². The molecule has 0 amide bonds. The highest BCUT2D eigenvalue weighted by atomic mass is 16.6. The van der Waals surface area contributed by atoms with Crippen molar-refractivity contribution in [2.75, 3.05) is 19.8 Å². The van der Waals surface area contributed by atoms with E-state index in [1.54, 1.807) is 0 Å². The Balaban J connectivity index is 4.35. The lowest BCUT2D eigenvalue weighted by Gasteiger charge is -2.18. The molecule has 1 atom stereocenters. The molecule has 0 aliphatic carbocycles. The van der Waals surface area contributed by atoms with Crippen molar-refractivity contribution in [1.82, 2.24) is 0 Å². The van der Waals surface area contributed by atoms with Crippen LogP contribution in [0.25, 0.3) is 0 Å². The van der Waals surface area contributed by atoms with Crippen LogP contribution in [-0.4, -0.2) is 37.9 Å². The number of esters is 2. The summed E-state index contributed by atoms with van der Waals surface area (Å²) < 4.78 is 17.4. The van der Waals surface area contributed by atoms with E-state index in [-0.39, 0.29) is 25.2 Å². The SMILES string of the molecule is CC/C=C\C/C=C\C/C=C\C/C=C\C/C=C\CCCC(=O)OCC(COCCCCCCCCCCCCCCCCCC)OC(=O)CCCCCCCCC/C=C\CCCCCCCC. The van der Waals surface area contributed by atoms with Gasteiger partial charge in [0.2, 0.25) is 0 Å². The number of ether oxygens (including phenoxy) is 3. The van der Waals surface area contributed by atoms with Gasteiger partial charge in [0.05, 0.1) is 6.61 Å². The van der Waals surface area contributed by atoms with Crippen LogP contribution in [-0.2, 0) is 23.8 Å². The van der Waals surface area contributed by atoms with Gasteiger partial charge in [-0.2, -0.15) is 0 Å². The number of hydrogen-bond donors (Lipinski definition) is 0. The fraction of sp³-hybridized carbons (Fsp3) is 0.770. The second-order valence-corrected chi connectivity index (χ2v) is 18.8. The predicted molar refractivity (Wildman–Crippen MR) is 288 cm³/mol. The van der Waals surface area contributed by atoms with Crippen molar-refractivity contribution in [2.24, 2.45) is 0 Å². The summed E-state index contributed by atoms with van der Waals surface area (Å²) in [6.07, 6.45) is 73.5. The molecule has 5 heteroatoms. The molecule has 0 saturated heterocycles. The van der Waals surface area contributed by atoms with E-state index in [2.05, 4.69) is 93.7 Å². The maximum Gasteiger partial charge on any atom is 0.306 e. The van der Waals surface area contributed by atoms with Crippen molar-refractivity contribution in [3.63, 3.8) is 0 Å². The smallest absolute Gasteiger partial charge is 0.306 e. The molecule has 0 aliphatic rings. The minimum absolute atomic E-state index is 0.0550. The first-order valence-electron chi connectivity index (χ1n) is 28.5. The van der Waals surface area contributed by atoms with E-state index in [4.69, 9.17) is 14.2 Å². The Hall–Kier alpha value is -2.66. The Morgan fingerprint density at radius 2 is 0.697 bits per heavy atom. The lowest BCUT2D eigenvalue weighted by Crippen LogP contribution is -2.30. The average molecular weight is 922 g/mol. The number of carbonyl (C=O) groups is 2. The van der Waals surface area contributed by atoms with Gasteiger partial charge in [-0.1, -0.05) is 254 Å². The fourth-order valence-electron chi connectivity index (χ4n) is 8.01. The molecule has 382 valence electrons. The molecule has 1 unspecified atom stereocenters. The zero-order valence-corrected chi connectivity index (χ0v) is 44.0. The van der Waals surface area contributed by atoms with Crippen LogP contribution < -0.4 is 0 Å². The van der Waals surface area contributed by atoms with Crippen LogP contribution in [0.15, 0.2) is 72.9 Å². The molecule has 0 aromatic heterocycles. The van der Waals surface area contributed by atoms with Crippen molar-refractivity contribution in [2.45, 2.75) is 284 Å². The second kappa shape index (κ2) is 56.7. The van der Waals surface area contributed by atoms with E-state index < -0.39 is 6.10 Å². The van der Waals surface area contributed by atoms with Crippen molar-refractivity contribution < 1.29 is 23.8 Å². The molecule has 0 N–H and O–H groups in total. The Bertz CT molecular complexity index is 1180. The first-order valence-corrected chi connectivity index (χ1v) is 28.5. The first kappa shape index (κ1) is 63.3. The molecule has 66 heavy (non-hydrogen) atoms. The quantitative estimate of drug-likeness (QED) is 0.0346. The van der Waals surface area contributed by atoms with Crippen molar-refractivity contribution in [1.29, 1.82) is 0 Å². The third kappa shape index (κ3) is 54.0. The maximum absolute atomic E-state index is 12.9. The van der Waals surface area contributed by atoms with Gasteiger partial charge >= 0.3 is 11.9 Å². The van der Waals surface area contributed by atoms with Crippen LogP contribution in [0.4, 0.5) is 0 Å². The summed E-state index contributed by atoms with van der Waals surface area (Å²) in [5.41, 5.74) is 0. The van der Waals surface area contributed by atoms with Gasteiger partial charge in [0, 0.05) is 19.4 Å². The lowest BCUT2D eigenvalue weighted by atomic mass is 10.0. The van der Waals surface area contributed by atoms with Gasteiger partial charge in [-0.15, -0.1) is 0 Å². The summed E-state index contributed by atoms with van der Waals surface area (Å²) in [4.78, 5) is 25.5. The normalized spacial score (nSPS) is 12.7. The summed E-state index contributed by atoms with van der Waals surface area (Å²) in [6.45, 7) is 7.69. The second-order valence-electron chi connectivity index (χ2n) is 18.8. The molecular formula is C61H108O5. The van der Waals surface area contributed by atoms with E-state index in [0.717, 1.165) is 77.0 Å². The van der Waals surface area contributed by atoms with Gasteiger partial charge in [-0.05, 0) is 83.5 Å². The number of carbonyl (C=O) groups excluding carboxylic acids is 2. The average Bonchev–Trinajstić information content (AvgIpc) is 3.32. The van der Waals surface area contributed by atoms with Crippen molar-refractivity contribution in [3.05, 3.63) is 72.9 Å². The van der Waals surface area contributed by atoms with Crippen molar-refractivity contribution >= 4 is 11.9 Å². The van der Waals surface area contributed by atoms with E-state index in [0.29, 0.717) is 19.4 Å². The van der Waals surface area contributed by atoms with Crippen LogP contribution in [0.5, 0.6) is 0 Å². The van der Waals surface area contributed by atoms with Crippen LogP contribution in [0.3, 0.4) is 0 Å². The summed E-state index contributed by atoms with van der Waals surface area (Å²) in [7, 11) is 0. The van der Waals surface area contributed by atoms with Gasteiger partial charge in [0.1, 0.15) is 6.61 Å². The summed E-state index contributed by atoms with van der Waals surface area (Å²) >= 11 is 0. The van der Waals surface area contributed by atoms with Gasteiger partial charge < -0.3 is 14.2 Å². The van der Waals surface area contributed by atoms with Crippen LogP contribution in [0, 0.1) is 0 Å². The summed E-state index contributed by atoms with van der Waals surface area (Å²) in [6, 6.07) is 0. The van der Waals surface area contributed by atoms with E-state index in [9.17, 15) is 9.59 Å². The van der Waals surface area contributed by atoms with Crippen LogP contribution in [0.1, 0.15) is 278 Å². The lowest BCUT2D eigenvalue weighted by molar-refractivity contribution is -0.163. The monoisotopic (exact) mass is 921 g/mol. The number of allylic oxidation sites excluding steroid dienone is 12. The zero-order valence-electron chi connectivity index (χ0n) is 44.0. The van der Waals surface area contributed by atoms with Gasteiger partial charge in [-0.25, -0.2) is 0 Å². The number of hydrogen-bond acceptors (Lipinski definition) is 5. The highest BCUT2D eigenvalue weighted by Gasteiger charge is 2.17. The number of unbranched alkanes of at least 4 members (excludes halogenated alkanes) is 29. The van der Waals surface area contributed by atoms with Gasteiger partial charge in [0.15, 0.2) is 6.10 Å². The number of rotatable bonds is 52. The third-order valence-corrected chi connectivity index (χ3v) is 12.2. The fourth-order valence-corrected chi connectivity index (χ4v) is 8.01. The standard InChI is InChI=1S/C61H108O5/c1-4-7-10-13-16-19-22-25-28-31-33-36-39-42-45-48-51-54-60(62)65-58-59(57-64-56-53-50-47-44-41-38-35-30-27-24-21-18-15-12-9-6-3)66-61(63)55-52-49-46-43-40-37-34-32-29-26-23-20-17-14-11-8-5-2/h7,10,16,19,25-26,28-29,33,36,42,45,59H,4-6,8-9,11-15,17-18,20-24,27,30-32,34-35,37-41,43-44,46-58H2,1-3H3/b10-7-,19-16-,28-25-,29-26-,36-33-,45-42-. The zero-order chi connectivity index (χ0) is 47.7. The molecule has 0 fully saturated rings. The molecule has 5 nitrogen and oxygen atoms in total. The Labute approximate surface area is 410 Å². The molecule has 0 heterocycles. The Morgan fingerprint density at radius 1 is 0.348 bits per heavy atom. The summed E-state index contributed by atoms with van der Waals surface area (Å²) in [5.74, 6) is -0.460. The predicted octanol–water partition coefficient (Wildman–Crippen LogP) is 19.5. The molecule has 0 spiro atoms. The third-order valence-electron chi connectivity index (χ3n) is 12.2. The molecule has 0 aliphatic heterocycles. The maximum atomic E-state index is 12.9. The van der Waals surface area contributed by atoms with E-state index in [1.807, 2.05) is 0 Å². The van der Waals surface area contributed by atoms with Crippen LogP contribution >= 0.6 is 0 Å². The van der Waals surface area contributed by atoms with Gasteiger partial charge in [-0.3, -0.25) is 9.59 Å². The molecule has 0 rings (SSSR count). The van der Waals surface area contributed by atoms with Gasteiger partial charge in [0.25, 0.3) is 0 Å². The summed E-state index contributed by atoms with van der Waals surface area (Å²) in [5, 5.41) is 0. The minimum Gasteiger partial charge on any atom is -0.462 e. The van der Waals surface area contributed by atoms with E-state index in [1.165, 1.54) is 167 Å². The van der Waals surface area contributed by atoms with Crippen LogP contribution in [0.2, 0.25) is 0 Å². The molecule has 0 radical (unpaired) electrons. The minimum atomic E-state index is -0.562.